The highest BCUT2D eigenvalue weighted by Gasteiger charge is 2.10. The largest absolute Gasteiger partial charge is 0.484 e. The minimum absolute atomic E-state index is 0.0464. The minimum atomic E-state index is -0.217. The first-order chi connectivity index (χ1) is 11.6. The third kappa shape index (κ3) is 3.78. The van der Waals surface area contributed by atoms with Crippen LogP contribution in [0.4, 0.5) is 5.69 Å². The molecular formula is C18H17N3O3. The van der Waals surface area contributed by atoms with Gasteiger partial charge in [-0.1, -0.05) is 23.4 Å². The van der Waals surface area contributed by atoms with E-state index in [4.69, 9.17) is 9.26 Å². The number of carbonyl (C=O) groups is 1. The third-order valence-corrected chi connectivity index (χ3v) is 3.40. The predicted molar refractivity (Wildman–Crippen MR) is 89.8 cm³/mol. The van der Waals surface area contributed by atoms with Crippen LogP contribution in [0.15, 0.2) is 53.1 Å². The summed E-state index contributed by atoms with van der Waals surface area (Å²) in [6.07, 6.45) is 0. The van der Waals surface area contributed by atoms with Crippen molar-refractivity contribution >= 4 is 11.6 Å². The molecular weight excluding hydrogens is 306 g/mol. The summed E-state index contributed by atoms with van der Waals surface area (Å²) in [5.74, 6) is 1.48. The molecule has 0 spiro atoms. The standard InChI is InChI=1S/C18H17N3O3/c1-12-10-14(18-19-13(2)24-21-18)8-9-16(12)20-17(22)11-23-15-6-4-3-5-7-15/h3-10H,11H2,1-2H3,(H,20,22). The van der Waals surface area contributed by atoms with Gasteiger partial charge in [0.05, 0.1) is 0 Å². The number of aryl methyl sites for hydroxylation is 2. The number of para-hydroxylation sites is 1. The normalized spacial score (nSPS) is 10.4. The van der Waals surface area contributed by atoms with Crippen molar-refractivity contribution in [3.05, 3.63) is 60.0 Å². The fourth-order valence-corrected chi connectivity index (χ4v) is 2.21. The molecule has 6 heteroatoms. The number of carbonyl (C=O) groups excluding carboxylic acids is 1. The van der Waals surface area contributed by atoms with E-state index in [1.807, 2.05) is 43.3 Å². The van der Waals surface area contributed by atoms with Crippen molar-refractivity contribution < 1.29 is 14.1 Å². The molecule has 0 bridgehead atoms. The molecule has 0 aliphatic carbocycles. The van der Waals surface area contributed by atoms with Crippen LogP contribution in [0, 0.1) is 13.8 Å². The summed E-state index contributed by atoms with van der Waals surface area (Å²) in [6, 6.07) is 14.8. The van der Waals surface area contributed by atoms with Gasteiger partial charge < -0.3 is 14.6 Å². The number of aromatic nitrogens is 2. The summed E-state index contributed by atoms with van der Waals surface area (Å²) in [5, 5.41) is 6.72. The molecule has 6 nitrogen and oxygen atoms in total. The first kappa shape index (κ1) is 15.7. The van der Waals surface area contributed by atoms with Crippen LogP contribution < -0.4 is 10.1 Å². The highest BCUT2D eigenvalue weighted by atomic mass is 16.5. The molecule has 0 saturated carbocycles. The van der Waals surface area contributed by atoms with E-state index < -0.39 is 0 Å². The van der Waals surface area contributed by atoms with E-state index in [-0.39, 0.29) is 12.5 Å². The second kappa shape index (κ2) is 6.95. The van der Waals surface area contributed by atoms with Gasteiger partial charge in [-0.3, -0.25) is 4.79 Å². The second-order valence-corrected chi connectivity index (χ2v) is 5.32. The van der Waals surface area contributed by atoms with Crippen LogP contribution in [0.3, 0.4) is 0 Å². The Bertz CT molecular complexity index is 844. The van der Waals surface area contributed by atoms with Gasteiger partial charge in [-0.05, 0) is 42.8 Å². The SMILES string of the molecule is Cc1nc(-c2ccc(NC(=O)COc3ccccc3)c(C)c2)no1. The van der Waals surface area contributed by atoms with Crippen molar-refractivity contribution in [2.45, 2.75) is 13.8 Å². The quantitative estimate of drug-likeness (QED) is 0.779. The summed E-state index contributed by atoms with van der Waals surface area (Å²) >= 11 is 0. The zero-order valence-electron chi connectivity index (χ0n) is 13.4. The van der Waals surface area contributed by atoms with Crippen LogP contribution in [-0.4, -0.2) is 22.7 Å². The third-order valence-electron chi connectivity index (χ3n) is 3.40. The summed E-state index contributed by atoms with van der Waals surface area (Å²) in [4.78, 5) is 16.2. The Kier molecular flexibility index (Phi) is 4.56. The van der Waals surface area contributed by atoms with Crippen LogP contribution in [0.25, 0.3) is 11.4 Å². The molecule has 0 fully saturated rings. The van der Waals surface area contributed by atoms with E-state index in [9.17, 15) is 4.79 Å². The van der Waals surface area contributed by atoms with Crippen molar-refractivity contribution in [3.63, 3.8) is 0 Å². The number of nitrogens with zero attached hydrogens (tertiary/aromatic N) is 2. The summed E-state index contributed by atoms with van der Waals surface area (Å²) in [7, 11) is 0. The van der Waals surface area contributed by atoms with Crippen LogP contribution in [0.1, 0.15) is 11.5 Å². The Morgan fingerprint density at radius 1 is 1.17 bits per heavy atom. The topological polar surface area (TPSA) is 77.2 Å². The molecule has 0 atom stereocenters. The van der Waals surface area contributed by atoms with Gasteiger partial charge in [0, 0.05) is 18.2 Å². The van der Waals surface area contributed by atoms with Gasteiger partial charge in [0.2, 0.25) is 11.7 Å². The summed E-state index contributed by atoms with van der Waals surface area (Å²) < 4.78 is 10.4. The Morgan fingerprint density at radius 3 is 2.62 bits per heavy atom. The van der Waals surface area contributed by atoms with Gasteiger partial charge in [0.25, 0.3) is 5.91 Å². The maximum absolute atomic E-state index is 12.0. The fourth-order valence-electron chi connectivity index (χ4n) is 2.21. The molecule has 0 aliphatic heterocycles. The predicted octanol–water partition coefficient (Wildman–Crippen LogP) is 3.37. The highest BCUT2D eigenvalue weighted by Crippen LogP contribution is 2.23. The number of anilines is 1. The maximum Gasteiger partial charge on any atom is 0.262 e. The molecule has 0 unspecified atom stereocenters. The highest BCUT2D eigenvalue weighted by molar-refractivity contribution is 5.92. The van der Waals surface area contributed by atoms with E-state index in [2.05, 4.69) is 15.5 Å². The molecule has 0 radical (unpaired) electrons. The molecule has 1 heterocycles. The molecule has 3 aromatic rings. The Morgan fingerprint density at radius 2 is 1.96 bits per heavy atom. The molecule has 2 aromatic carbocycles. The van der Waals surface area contributed by atoms with Gasteiger partial charge in [-0.25, -0.2) is 0 Å². The van der Waals surface area contributed by atoms with Gasteiger partial charge in [0.1, 0.15) is 5.75 Å². The van der Waals surface area contributed by atoms with E-state index in [0.29, 0.717) is 17.5 Å². The fraction of sp³-hybridized carbons (Fsp3) is 0.167. The van der Waals surface area contributed by atoms with Crippen molar-refractivity contribution in [3.8, 4) is 17.1 Å². The van der Waals surface area contributed by atoms with Crippen LogP contribution in [0.2, 0.25) is 0 Å². The lowest BCUT2D eigenvalue weighted by atomic mass is 10.1. The number of hydrogen-bond donors (Lipinski definition) is 1. The zero-order valence-corrected chi connectivity index (χ0v) is 13.4. The molecule has 3 rings (SSSR count). The average molecular weight is 323 g/mol. The number of amides is 1. The zero-order chi connectivity index (χ0) is 16.9. The molecule has 1 amide bonds. The van der Waals surface area contributed by atoms with E-state index in [0.717, 1.165) is 16.8 Å². The van der Waals surface area contributed by atoms with E-state index in [1.54, 1.807) is 19.1 Å². The van der Waals surface area contributed by atoms with Crippen molar-refractivity contribution in [1.29, 1.82) is 0 Å². The Balaban J connectivity index is 1.63. The number of hydrogen-bond acceptors (Lipinski definition) is 5. The Labute approximate surface area is 139 Å². The lowest BCUT2D eigenvalue weighted by Crippen LogP contribution is -2.20. The van der Waals surface area contributed by atoms with E-state index in [1.165, 1.54) is 0 Å². The molecule has 0 aliphatic rings. The minimum Gasteiger partial charge on any atom is -0.484 e. The lowest BCUT2D eigenvalue weighted by molar-refractivity contribution is -0.118. The molecule has 0 saturated heterocycles. The maximum atomic E-state index is 12.0. The van der Waals surface area contributed by atoms with Crippen LogP contribution in [-0.2, 0) is 4.79 Å². The molecule has 122 valence electrons. The number of nitrogens with one attached hydrogen (secondary N) is 1. The first-order valence-electron chi connectivity index (χ1n) is 7.51. The molecule has 24 heavy (non-hydrogen) atoms. The number of rotatable bonds is 5. The van der Waals surface area contributed by atoms with Gasteiger partial charge in [-0.2, -0.15) is 4.98 Å². The first-order valence-corrected chi connectivity index (χ1v) is 7.51. The van der Waals surface area contributed by atoms with Crippen molar-refractivity contribution in [2.24, 2.45) is 0 Å². The molecule has 1 aromatic heterocycles. The van der Waals surface area contributed by atoms with Crippen molar-refractivity contribution in [2.75, 3.05) is 11.9 Å². The second-order valence-electron chi connectivity index (χ2n) is 5.32. The van der Waals surface area contributed by atoms with Gasteiger partial charge in [-0.15, -0.1) is 0 Å². The molecule has 1 N–H and O–H groups in total. The number of benzene rings is 2. The van der Waals surface area contributed by atoms with Crippen LogP contribution >= 0.6 is 0 Å². The summed E-state index contributed by atoms with van der Waals surface area (Å²) in [6.45, 7) is 3.60. The summed E-state index contributed by atoms with van der Waals surface area (Å²) in [5.41, 5.74) is 2.46. The Hall–Kier alpha value is -3.15. The van der Waals surface area contributed by atoms with Gasteiger partial charge >= 0.3 is 0 Å². The van der Waals surface area contributed by atoms with Crippen molar-refractivity contribution in [1.82, 2.24) is 10.1 Å². The van der Waals surface area contributed by atoms with Crippen LogP contribution in [0.5, 0.6) is 5.75 Å². The smallest absolute Gasteiger partial charge is 0.262 e. The average Bonchev–Trinajstić information content (AvgIpc) is 3.02. The van der Waals surface area contributed by atoms with E-state index >= 15 is 0 Å². The number of ether oxygens (including phenoxy) is 1. The monoisotopic (exact) mass is 323 g/mol. The lowest BCUT2D eigenvalue weighted by Gasteiger charge is -2.10. The van der Waals surface area contributed by atoms with Gasteiger partial charge in [0.15, 0.2) is 6.61 Å².